The fraction of sp³-hybridized carbons (Fsp3) is 0.250. The summed E-state index contributed by atoms with van der Waals surface area (Å²) in [5.74, 6) is 0.253. The van der Waals surface area contributed by atoms with E-state index in [2.05, 4.69) is 4.74 Å². The Balaban J connectivity index is 1.64. The average molecular weight is 588 g/mol. The topological polar surface area (TPSA) is 41.9 Å². The number of hydrogen-bond donors (Lipinski definition) is 1. The largest absolute Gasteiger partial charge is 0.573 e. The summed E-state index contributed by atoms with van der Waals surface area (Å²) < 4.78 is 88.8. The van der Waals surface area contributed by atoms with Crippen molar-refractivity contribution >= 4 is 5.69 Å². The number of rotatable bonds is 8. The van der Waals surface area contributed by atoms with Crippen molar-refractivity contribution in [1.82, 2.24) is 0 Å². The summed E-state index contributed by atoms with van der Waals surface area (Å²) in [7, 11) is 1.56. The molecule has 0 saturated heterocycles. The van der Waals surface area contributed by atoms with E-state index >= 15 is 0 Å². The van der Waals surface area contributed by atoms with Crippen molar-refractivity contribution in [2.75, 3.05) is 25.1 Å². The molecule has 1 N–H and O–H groups in total. The van der Waals surface area contributed by atoms with Crippen LogP contribution < -0.4 is 14.4 Å². The Morgan fingerprint density at radius 3 is 2.19 bits per heavy atom. The number of anilines is 1. The summed E-state index contributed by atoms with van der Waals surface area (Å²) in [5.41, 5.74) is 3.15. The number of hydrogen-bond acceptors (Lipinski definition) is 4. The van der Waals surface area contributed by atoms with Gasteiger partial charge in [0.15, 0.2) is 6.10 Å². The maximum absolute atomic E-state index is 13.4. The van der Waals surface area contributed by atoms with Gasteiger partial charge in [0.05, 0.1) is 13.7 Å². The highest BCUT2D eigenvalue weighted by Crippen LogP contribution is 2.48. The molecule has 4 aromatic carbocycles. The smallest absolute Gasteiger partial charge is 0.497 e. The summed E-state index contributed by atoms with van der Waals surface area (Å²) in [5, 5.41) is 9.99. The zero-order chi connectivity index (χ0) is 30.1. The minimum absolute atomic E-state index is 0.0470. The van der Waals surface area contributed by atoms with Gasteiger partial charge in [0, 0.05) is 17.6 Å². The quantitative estimate of drug-likeness (QED) is 0.217. The molecule has 0 amide bonds. The van der Waals surface area contributed by atoms with Crippen molar-refractivity contribution < 1.29 is 40.9 Å². The molecule has 0 aliphatic carbocycles. The summed E-state index contributed by atoms with van der Waals surface area (Å²) in [6, 6.07) is 27.5. The van der Waals surface area contributed by atoms with E-state index in [-0.39, 0.29) is 13.0 Å². The van der Waals surface area contributed by atoms with E-state index in [4.69, 9.17) is 4.74 Å². The van der Waals surface area contributed by atoms with Gasteiger partial charge in [0.2, 0.25) is 0 Å². The van der Waals surface area contributed by atoms with E-state index in [0.29, 0.717) is 22.6 Å². The minimum Gasteiger partial charge on any atom is -0.497 e. The maximum Gasteiger partial charge on any atom is 0.573 e. The van der Waals surface area contributed by atoms with Crippen molar-refractivity contribution in [2.45, 2.75) is 30.5 Å². The van der Waals surface area contributed by atoms with E-state index in [0.717, 1.165) is 16.7 Å². The molecule has 0 spiro atoms. The Labute approximate surface area is 238 Å². The summed E-state index contributed by atoms with van der Waals surface area (Å²) in [6.07, 6.45) is -12.1. The molecule has 10 heteroatoms. The number of aliphatic hydroxyl groups excluding tert-OH is 1. The number of benzene rings is 4. The molecule has 1 heterocycles. The Kier molecular flexibility index (Phi) is 7.85. The molecule has 4 nitrogen and oxygen atoms in total. The molecule has 4 aromatic rings. The van der Waals surface area contributed by atoms with Gasteiger partial charge in [-0.1, -0.05) is 66.7 Å². The number of para-hydroxylation sites is 1. The Morgan fingerprint density at radius 1 is 0.810 bits per heavy atom. The van der Waals surface area contributed by atoms with E-state index < -0.39 is 36.4 Å². The first-order valence-electron chi connectivity index (χ1n) is 13.1. The lowest BCUT2D eigenvalue weighted by Gasteiger charge is -2.33. The Morgan fingerprint density at radius 2 is 1.48 bits per heavy atom. The molecule has 42 heavy (non-hydrogen) atoms. The number of fused-ring (bicyclic) bond motifs is 1. The molecule has 220 valence electrons. The van der Waals surface area contributed by atoms with Crippen LogP contribution in [0.1, 0.15) is 16.7 Å². The van der Waals surface area contributed by atoms with Gasteiger partial charge in [0.25, 0.3) is 0 Å². The van der Waals surface area contributed by atoms with Crippen LogP contribution in [-0.2, 0) is 11.8 Å². The highest BCUT2D eigenvalue weighted by molar-refractivity contribution is 5.71. The lowest BCUT2D eigenvalue weighted by Crippen LogP contribution is -2.44. The number of ether oxygens (including phenoxy) is 2. The zero-order valence-electron chi connectivity index (χ0n) is 22.4. The van der Waals surface area contributed by atoms with Gasteiger partial charge in [-0.2, -0.15) is 13.2 Å². The zero-order valence-corrected chi connectivity index (χ0v) is 22.4. The second kappa shape index (κ2) is 11.2. The van der Waals surface area contributed by atoms with Crippen LogP contribution in [-0.4, -0.2) is 43.9 Å². The molecular weight excluding hydrogens is 560 g/mol. The van der Waals surface area contributed by atoms with Gasteiger partial charge in [-0.15, -0.1) is 13.2 Å². The first-order chi connectivity index (χ1) is 19.9. The molecule has 1 aliphatic rings. The molecule has 0 saturated carbocycles. The molecule has 0 bridgehead atoms. The predicted octanol–water partition coefficient (Wildman–Crippen LogP) is 7.53. The van der Waals surface area contributed by atoms with Crippen molar-refractivity contribution in [1.29, 1.82) is 0 Å². The molecule has 5 rings (SSSR count). The van der Waals surface area contributed by atoms with Gasteiger partial charge in [0.1, 0.15) is 11.5 Å². The van der Waals surface area contributed by atoms with E-state index in [1.807, 2.05) is 54.6 Å². The van der Waals surface area contributed by atoms with Crippen molar-refractivity contribution in [3.8, 4) is 22.6 Å². The first kappa shape index (κ1) is 29.3. The van der Waals surface area contributed by atoms with Crippen LogP contribution in [0.5, 0.6) is 11.5 Å². The average Bonchev–Trinajstić information content (AvgIpc) is 3.26. The molecule has 1 unspecified atom stereocenters. The SMILES string of the molecule is COc1cccc(-c2cccc(C3(Cc4cccc(OC(F)(F)F)c4)CN(C[C@@H](O)C(F)(F)F)c4ccccc43)c2)c1. The van der Waals surface area contributed by atoms with Gasteiger partial charge >= 0.3 is 12.5 Å². The molecule has 0 fully saturated rings. The number of β-amino-alcohol motifs (C(OH)–C–C–N with tert-alkyl or cyclic N) is 1. The summed E-state index contributed by atoms with van der Waals surface area (Å²) in [6.45, 7) is -0.652. The van der Waals surface area contributed by atoms with Crippen LogP contribution in [0.15, 0.2) is 97.1 Å². The molecule has 0 aromatic heterocycles. The van der Waals surface area contributed by atoms with Gasteiger partial charge in [-0.05, 0) is 64.6 Å². The van der Waals surface area contributed by atoms with Crippen molar-refractivity contribution in [3.05, 3.63) is 114 Å². The lowest BCUT2D eigenvalue weighted by atomic mass is 9.71. The number of methoxy groups -OCH3 is 1. The number of alkyl halides is 6. The first-order valence-corrected chi connectivity index (χ1v) is 13.1. The fourth-order valence-electron chi connectivity index (χ4n) is 5.63. The van der Waals surface area contributed by atoms with Crippen LogP contribution in [0.25, 0.3) is 11.1 Å². The Bertz CT molecular complexity index is 1550. The third kappa shape index (κ3) is 6.18. The molecule has 1 aliphatic heterocycles. The number of aliphatic hydroxyl groups is 1. The second-order valence-electron chi connectivity index (χ2n) is 10.2. The minimum atomic E-state index is -4.88. The third-order valence-corrected chi connectivity index (χ3v) is 7.45. The highest BCUT2D eigenvalue weighted by atomic mass is 19.4. The fourth-order valence-corrected chi connectivity index (χ4v) is 5.63. The molecule has 2 atom stereocenters. The van der Waals surface area contributed by atoms with Crippen LogP contribution in [0.4, 0.5) is 32.0 Å². The third-order valence-electron chi connectivity index (χ3n) is 7.45. The number of nitrogens with zero attached hydrogens (tertiary/aromatic N) is 1. The lowest BCUT2D eigenvalue weighted by molar-refractivity contribution is -0.274. The molecule has 0 radical (unpaired) electrons. The van der Waals surface area contributed by atoms with Gasteiger partial charge < -0.3 is 19.5 Å². The standard InChI is InChI=1S/C32H27F6NO3/c1-41-25-11-6-9-23(17-25)22-8-5-10-24(16-22)30(18-21-7-4-12-26(15-21)42-32(36,37)38)20-39(19-29(40)31(33,34)35)28-14-3-2-13-27(28)30/h2-17,29,40H,18-20H2,1H3/t29-,30?/m1/s1. The van der Waals surface area contributed by atoms with E-state index in [1.165, 1.54) is 23.1 Å². The maximum atomic E-state index is 13.4. The van der Waals surface area contributed by atoms with Crippen LogP contribution in [0.2, 0.25) is 0 Å². The summed E-state index contributed by atoms with van der Waals surface area (Å²) in [4.78, 5) is 1.49. The highest BCUT2D eigenvalue weighted by Gasteiger charge is 2.47. The van der Waals surface area contributed by atoms with E-state index in [9.17, 15) is 31.4 Å². The second-order valence-corrected chi connectivity index (χ2v) is 10.2. The predicted molar refractivity (Wildman–Crippen MR) is 147 cm³/mol. The number of halogens is 6. The van der Waals surface area contributed by atoms with Crippen LogP contribution in [0, 0.1) is 0 Å². The monoisotopic (exact) mass is 587 g/mol. The molecular formula is C32H27F6NO3. The van der Waals surface area contributed by atoms with E-state index in [1.54, 1.807) is 31.4 Å². The normalized spacial score (nSPS) is 17.6. The van der Waals surface area contributed by atoms with Gasteiger partial charge in [-0.25, -0.2) is 0 Å². The van der Waals surface area contributed by atoms with Gasteiger partial charge in [-0.3, -0.25) is 0 Å². The summed E-state index contributed by atoms with van der Waals surface area (Å²) >= 11 is 0. The van der Waals surface area contributed by atoms with Crippen molar-refractivity contribution in [3.63, 3.8) is 0 Å². The Hall–Kier alpha value is -4.18. The van der Waals surface area contributed by atoms with Crippen LogP contribution >= 0.6 is 0 Å². The van der Waals surface area contributed by atoms with Crippen molar-refractivity contribution in [2.24, 2.45) is 0 Å². The van der Waals surface area contributed by atoms with Crippen LogP contribution in [0.3, 0.4) is 0 Å².